The second-order valence-corrected chi connectivity index (χ2v) is 2.56. The lowest BCUT2D eigenvalue weighted by atomic mass is 10.5. The number of carbonyl (C=O) groups is 1. The number of hydrogen-bond acceptors (Lipinski definition) is 6. The second-order valence-electron chi connectivity index (χ2n) is 2.56. The average molecular weight is 228 g/mol. The van der Waals surface area contributed by atoms with E-state index in [9.17, 15) is 14.9 Å². The molecule has 9 heteroatoms. The molecular formula is C7H8N4O5. The lowest BCUT2D eigenvalue weighted by molar-refractivity contribution is -0.402. The second kappa shape index (κ2) is 4.89. The zero-order chi connectivity index (χ0) is 12.1. The Morgan fingerprint density at radius 2 is 2.44 bits per heavy atom. The van der Waals surface area contributed by atoms with Crippen LogP contribution in [-0.4, -0.2) is 34.0 Å². The van der Waals surface area contributed by atoms with Crippen molar-refractivity contribution in [3.8, 4) is 0 Å². The number of carbonyl (C=O) groups excluding carboxylic acids is 1. The van der Waals surface area contributed by atoms with Crippen molar-refractivity contribution in [2.75, 3.05) is 6.73 Å². The molecule has 1 rings (SSSR count). The quantitative estimate of drug-likeness (QED) is 0.319. The highest BCUT2D eigenvalue weighted by molar-refractivity contribution is 5.79. The van der Waals surface area contributed by atoms with Crippen LogP contribution in [0.25, 0.3) is 0 Å². The molecule has 86 valence electrons. The van der Waals surface area contributed by atoms with E-state index < -0.39 is 23.6 Å². The normalized spacial score (nSPS) is 10.6. The van der Waals surface area contributed by atoms with Crippen LogP contribution in [0, 0.1) is 10.1 Å². The molecular weight excluding hydrogens is 220 g/mol. The van der Waals surface area contributed by atoms with E-state index in [-0.39, 0.29) is 5.76 Å². The largest absolute Gasteiger partial charge is 0.433 e. The molecule has 1 heterocycles. The first-order valence-corrected chi connectivity index (χ1v) is 4.00. The molecule has 16 heavy (non-hydrogen) atoms. The number of hydrazone groups is 1. The van der Waals surface area contributed by atoms with Crippen LogP contribution in [-0.2, 0) is 0 Å². The molecule has 0 atom stereocenters. The third-order valence-electron chi connectivity index (χ3n) is 1.51. The molecule has 1 aromatic rings. The van der Waals surface area contributed by atoms with Gasteiger partial charge in [-0.3, -0.25) is 10.1 Å². The monoisotopic (exact) mass is 228 g/mol. The lowest BCUT2D eigenvalue weighted by Gasteiger charge is -2.08. The van der Waals surface area contributed by atoms with Crippen molar-refractivity contribution in [1.82, 2.24) is 5.01 Å². The number of rotatable bonds is 4. The molecule has 0 radical (unpaired) electrons. The minimum Gasteiger partial charge on any atom is -0.400 e. The Bertz CT molecular complexity index is 426. The van der Waals surface area contributed by atoms with Crippen molar-refractivity contribution in [3.05, 3.63) is 28.0 Å². The van der Waals surface area contributed by atoms with Crippen molar-refractivity contribution in [2.45, 2.75) is 0 Å². The van der Waals surface area contributed by atoms with Crippen LogP contribution in [0.1, 0.15) is 5.76 Å². The number of nitrogens with zero attached hydrogens (tertiary/aromatic N) is 3. The van der Waals surface area contributed by atoms with Gasteiger partial charge in [-0.15, -0.1) is 0 Å². The summed E-state index contributed by atoms with van der Waals surface area (Å²) in [6.07, 6.45) is 1.02. The fourth-order valence-corrected chi connectivity index (χ4v) is 0.799. The van der Waals surface area contributed by atoms with Crippen LogP contribution in [0.15, 0.2) is 21.7 Å². The standard InChI is InChI=1S/C7H8N4O5/c8-7(13)10(4-12)9-3-5-1-2-6(16-5)11(14)15/h1-3,12H,4H2,(H2,8,13). The molecule has 1 aromatic heterocycles. The number of furan rings is 1. The van der Waals surface area contributed by atoms with Gasteiger partial charge in [-0.05, 0) is 6.07 Å². The summed E-state index contributed by atoms with van der Waals surface area (Å²) in [4.78, 5) is 20.1. The first kappa shape index (κ1) is 11.7. The molecule has 0 fully saturated rings. The van der Waals surface area contributed by atoms with E-state index >= 15 is 0 Å². The minimum absolute atomic E-state index is 0.0615. The van der Waals surface area contributed by atoms with Crippen LogP contribution in [0.4, 0.5) is 10.7 Å². The Hall–Kier alpha value is -2.42. The summed E-state index contributed by atoms with van der Waals surface area (Å²) < 4.78 is 4.71. The van der Waals surface area contributed by atoms with Crippen molar-refractivity contribution in [3.63, 3.8) is 0 Å². The molecule has 0 bridgehead atoms. The number of amides is 2. The van der Waals surface area contributed by atoms with Crippen molar-refractivity contribution in [2.24, 2.45) is 10.8 Å². The summed E-state index contributed by atoms with van der Waals surface area (Å²) >= 11 is 0. The molecule has 0 aliphatic rings. The summed E-state index contributed by atoms with van der Waals surface area (Å²) in [5.41, 5.74) is 4.84. The van der Waals surface area contributed by atoms with Gasteiger partial charge < -0.3 is 15.3 Å². The van der Waals surface area contributed by atoms with E-state index in [1.807, 2.05) is 0 Å². The van der Waals surface area contributed by atoms with E-state index in [1.165, 1.54) is 6.07 Å². The first-order chi connectivity index (χ1) is 7.54. The van der Waals surface area contributed by atoms with Crippen molar-refractivity contribution >= 4 is 18.1 Å². The van der Waals surface area contributed by atoms with Gasteiger partial charge in [0.25, 0.3) is 0 Å². The van der Waals surface area contributed by atoms with Gasteiger partial charge in [-0.25, -0.2) is 4.79 Å². The van der Waals surface area contributed by atoms with Gasteiger partial charge in [0.2, 0.25) is 0 Å². The number of aliphatic hydroxyl groups is 1. The Balaban J connectivity index is 2.75. The number of aliphatic hydroxyl groups excluding tert-OH is 1. The maximum absolute atomic E-state index is 10.6. The highest BCUT2D eigenvalue weighted by Gasteiger charge is 2.11. The van der Waals surface area contributed by atoms with Crippen LogP contribution < -0.4 is 5.73 Å². The number of hydrogen-bond donors (Lipinski definition) is 2. The molecule has 0 aromatic carbocycles. The smallest absolute Gasteiger partial charge is 0.400 e. The van der Waals surface area contributed by atoms with Gasteiger partial charge in [0.1, 0.15) is 11.7 Å². The van der Waals surface area contributed by atoms with E-state index in [2.05, 4.69) is 5.10 Å². The van der Waals surface area contributed by atoms with Crippen molar-refractivity contribution < 1.29 is 19.2 Å². The Morgan fingerprint density at radius 3 is 2.88 bits per heavy atom. The molecule has 9 nitrogen and oxygen atoms in total. The van der Waals surface area contributed by atoms with Crippen LogP contribution in [0.2, 0.25) is 0 Å². The van der Waals surface area contributed by atoms with Gasteiger partial charge in [0, 0.05) is 0 Å². The molecule has 3 N–H and O–H groups in total. The predicted octanol–water partition coefficient (Wildman–Crippen LogP) is -0.148. The lowest BCUT2D eigenvalue weighted by Crippen LogP contribution is -2.32. The predicted molar refractivity (Wildman–Crippen MR) is 51.5 cm³/mol. The van der Waals surface area contributed by atoms with E-state index in [1.54, 1.807) is 0 Å². The zero-order valence-electron chi connectivity index (χ0n) is 7.94. The molecule has 0 aliphatic heterocycles. The van der Waals surface area contributed by atoms with Crippen LogP contribution in [0.3, 0.4) is 0 Å². The van der Waals surface area contributed by atoms with E-state index in [4.69, 9.17) is 15.3 Å². The highest BCUT2D eigenvalue weighted by Crippen LogP contribution is 2.13. The molecule has 0 saturated carbocycles. The Morgan fingerprint density at radius 1 is 1.75 bits per heavy atom. The number of nitrogens with two attached hydrogens (primary N) is 1. The van der Waals surface area contributed by atoms with Gasteiger partial charge in [-0.2, -0.15) is 10.1 Å². The van der Waals surface area contributed by atoms with Gasteiger partial charge in [0.05, 0.1) is 12.3 Å². The molecule has 0 aliphatic carbocycles. The number of primary amides is 1. The first-order valence-electron chi connectivity index (χ1n) is 4.00. The van der Waals surface area contributed by atoms with E-state index in [0.717, 1.165) is 12.3 Å². The van der Waals surface area contributed by atoms with Crippen LogP contribution >= 0.6 is 0 Å². The third-order valence-corrected chi connectivity index (χ3v) is 1.51. The SMILES string of the molecule is NC(=O)N(CO)N=Cc1ccc([N+](=O)[O-])o1. The fraction of sp³-hybridized carbons (Fsp3) is 0.143. The summed E-state index contributed by atoms with van der Waals surface area (Å²) in [5, 5.41) is 22.9. The number of urea groups is 1. The molecule has 0 saturated heterocycles. The van der Waals surface area contributed by atoms with Gasteiger partial charge in [0.15, 0.2) is 5.76 Å². The summed E-state index contributed by atoms with van der Waals surface area (Å²) in [5.74, 6) is -0.387. The Kier molecular flexibility index (Phi) is 3.56. The van der Waals surface area contributed by atoms with E-state index in [0.29, 0.717) is 5.01 Å². The molecule has 2 amide bonds. The van der Waals surface area contributed by atoms with Gasteiger partial charge in [-0.1, -0.05) is 0 Å². The Labute approximate surface area is 88.9 Å². The summed E-state index contributed by atoms with van der Waals surface area (Å²) in [7, 11) is 0. The van der Waals surface area contributed by atoms with Crippen molar-refractivity contribution in [1.29, 1.82) is 0 Å². The maximum Gasteiger partial charge on any atom is 0.433 e. The zero-order valence-corrected chi connectivity index (χ0v) is 7.94. The summed E-state index contributed by atoms with van der Waals surface area (Å²) in [6.45, 7) is -0.700. The average Bonchev–Trinajstić information content (AvgIpc) is 2.67. The summed E-state index contributed by atoms with van der Waals surface area (Å²) in [6, 6.07) is 1.47. The van der Waals surface area contributed by atoms with Crippen LogP contribution in [0.5, 0.6) is 0 Å². The molecule has 0 unspecified atom stereocenters. The highest BCUT2D eigenvalue weighted by atomic mass is 16.6. The minimum atomic E-state index is -0.959. The maximum atomic E-state index is 10.6. The fourth-order valence-electron chi connectivity index (χ4n) is 0.799. The third kappa shape index (κ3) is 2.78. The molecule has 0 spiro atoms. The number of nitro groups is 1. The van der Waals surface area contributed by atoms with Gasteiger partial charge >= 0.3 is 11.9 Å². The topological polar surface area (TPSA) is 135 Å².